The second-order valence-electron chi connectivity index (χ2n) is 4.02. The van der Waals surface area contributed by atoms with Crippen LogP contribution in [0.4, 0.5) is 13.2 Å². The van der Waals surface area contributed by atoms with Gasteiger partial charge in [0.15, 0.2) is 0 Å². The van der Waals surface area contributed by atoms with E-state index in [1.54, 1.807) is 0 Å². The van der Waals surface area contributed by atoms with Crippen LogP contribution >= 0.6 is 31.9 Å². The molecule has 0 bridgehead atoms. The molecule has 0 heterocycles. The van der Waals surface area contributed by atoms with Crippen molar-refractivity contribution in [3.8, 4) is 0 Å². The van der Waals surface area contributed by atoms with E-state index in [-0.39, 0.29) is 15.6 Å². The molecule has 2 aromatic carbocycles. The van der Waals surface area contributed by atoms with Gasteiger partial charge >= 0.3 is 0 Å². The number of benzene rings is 2. The summed E-state index contributed by atoms with van der Waals surface area (Å²) in [6.45, 7) is 0. The zero-order valence-electron chi connectivity index (χ0n) is 9.93. The van der Waals surface area contributed by atoms with E-state index in [1.807, 2.05) is 0 Å². The molecule has 106 valence electrons. The summed E-state index contributed by atoms with van der Waals surface area (Å²) in [5, 5.41) is 0. The molecule has 2 aromatic rings. The van der Waals surface area contributed by atoms with Crippen LogP contribution in [0.25, 0.3) is 0 Å². The van der Waals surface area contributed by atoms with E-state index >= 15 is 0 Å². The predicted molar refractivity (Wildman–Crippen MR) is 77.3 cm³/mol. The molecule has 0 fully saturated rings. The summed E-state index contributed by atoms with van der Waals surface area (Å²) >= 11 is 6.16. The number of rotatable bonds is 3. The highest BCUT2D eigenvalue weighted by atomic mass is 79.9. The summed E-state index contributed by atoms with van der Waals surface area (Å²) < 4.78 is 42.5. The molecule has 0 aliphatic heterocycles. The minimum atomic E-state index is -1.15. The molecule has 2 rings (SSSR count). The predicted octanol–water partition coefficient (Wildman–Crippen LogP) is 4.18. The normalized spacial score (nSPS) is 12.5. The van der Waals surface area contributed by atoms with Crippen LogP contribution in [0, 0.1) is 17.5 Å². The molecule has 0 amide bonds. The molecule has 0 radical (unpaired) electrons. The lowest BCUT2D eigenvalue weighted by Crippen LogP contribution is -2.31. The molecule has 0 saturated carbocycles. The Kier molecular flexibility index (Phi) is 4.85. The molecular formula is C13H9Br2F3N2. The zero-order valence-corrected chi connectivity index (χ0v) is 13.1. The number of nitrogens with one attached hydrogen (secondary N) is 1. The van der Waals surface area contributed by atoms with Gasteiger partial charge in [0.25, 0.3) is 0 Å². The topological polar surface area (TPSA) is 38.0 Å². The van der Waals surface area contributed by atoms with Gasteiger partial charge in [-0.3, -0.25) is 5.84 Å². The van der Waals surface area contributed by atoms with Gasteiger partial charge in [0, 0.05) is 15.6 Å². The van der Waals surface area contributed by atoms with Gasteiger partial charge in [0.1, 0.15) is 17.5 Å². The second kappa shape index (κ2) is 6.26. The maximum atomic E-state index is 14.1. The van der Waals surface area contributed by atoms with Gasteiger partial charge in [0.05, 0.1) is 10.5 Å². The molecule has 0 spiro atoms. The number of hydrogen-bond acceptors (Lipinski definition) is 2. The zero-order chi connectivity index (χ0) is 14.9. The van der Waals surface area contributed by atoms with E-state index in [2.05, 4.69) is 37.3 Å². The first-order valence-corrected chi connectivity index (χ1v) is 7.08. The summed E-state index contributed by atoms with van der Waals surface area (Å²) in [6.07, 6.45) is 0. The number of nitrogens with two attached hydrogens (primary N) is 1. The van der Waals surface area contributed by atoms with E-state index < -0.39 is 23.5 Å². The highest BCUT2D eigenvalue weighted by Crippen LogP contribution is 2.32. The average Bonchev–Trinajstić information content (AvgIpc) is 2.42. The molecule has 0 saturated heterocycles. The smallest absolute Gasteiger partial charge is 0.145 e. The van der Waals surface area contributed by atoms with Crippen molar-refractivity contribution in [2.75, 3.05) is 0 Å². The van der Waals surface area contributed by atoms with E-state index in [9.17, 15) is 13.2 Å². The number of halogens is 5. The third-order valence-corrected chi connectivity index (χ3v) is 3.91. The first-order chi connectivity index (χ1) is 9.45. The van der Waals surface area contributed by atoms with Crippen LogP contribution in [0.2, 0.25) is 0 Å². The molecule has 0 aliphatic carbocycles. The maximum Gasteiger partial charge on any atom is 0.145 e. The minimum absolute atomic E-state index is 0.0396. The van der Waals surface area contributed by atoms with Crippen LogP contribution in [0.5, 0.6) is 0 Å². The largest absolute Gasteiger partial charge is 0.271 e. The maximum absolute atomic E-state index is 14.1. The fraction of sp³-hybridized carbons (Fsp3) is 0.0769. The Labute approximate surface area is 130 Å². The van der Waals surface area contributed by atoms with Crippen LogP contribution in [0.3, 0.4) is 0 Å². The third kappa shape index (κ3) is 2.90. The van der Waals surface area contributed by atoms with Crippen molar-refractivity contribution in [2.45, 2.75) is 6.04 Å². The highest BCUT2D eigenvalue weighted by molar-refractivity contribution is 9.10. The van der Waals surface area contributed by atoms with E-state index in [0.29, 0.717) is 4.47 Å². The SMILES string of the molecule is NNC(c1cc(Br)ccc1F)c1c(F)ccc(Br)c1F. The lowest BCUT2D eigenvalue weighted by Gasteiger charge is -2.19. The van der Waals surface area contributed by atoms with Crippen LogP contribution in [0.1, 0.15) is 17.2 Å². The van der Waals surface area contributed by atoms with Gasteiger partial charge < -0.3 is 0 Å². The molecule has 0 aliphatic rings. The van der Waals surface area contributed by atoms with Gasteiger partial charge in [-0.15, -0.1) is 0 Å². The average molecular weight is 410 g/mol. The van der Waals surface area contributed by atoms with Crippen LogP contribution in [0.15, 0.2) is 39.3 Å². The van der Waals surface area contributed by atoms with Crippen molar-refractivity contribution in [2.24, 2.45) is 5.84 Å². The Hall–Kier alpha value is -0.890. The van der Waals surface area contributed by atoms with Gasteiger partial charge in [0.2, 0.25) is 0 Å². The second-order valence-corrected chi connectivity index (χ2v) is 5.79. The lowest BCUT2D eigenvalue weighted by molar-refractivity contribution is 0.493. The van der Waals surface area contributed by atoms with Crippen LogP contribution in [-0.4, -0.2) is 0 Å². The summed E-state index contributed by atoms with van der Waals surface area (Å²) in [6, 6.07) is 5.27. The Balaban J connectivity index is 2.64. The van der Waals surface area contributed by atoms with E-state index in [1.165, 1.54) is 24.3 Å². The lowest BCUT2D eigenvalue weighted by atomic mass is 9.98. The Morgan fingerprint density at radius 2 is 1.65 bits per heavy atom. The Bertz CT molecular complexity index is 650. The summed E-state index contributed by atoms with van der Waals surface area (Å²) in [4.78, 5) is 0. The fourth-order valence-electron chi connectivity index (χ4n) is 1.87. The monoisotopic (exact) mass is 408 g/mol. The molecule has 7 heteroatoms. The quantitative estimate of drug-likeness (QED) is 0.453. The standard InChI is InChI=1S/C13H9Br2F3N2/c14-6-1-3-9(16)7(5-6)13(20-19)11-10(17)4-2-8(15)12(11)18/h1-5,13,20H,19H2. The number of hydrogen-bond donors (Lipinski definition) is 2. The van der Waals surface area contributed by atoms with E-state index in [0.717, 1.165) is 6.07 Å². The van der Waals surface area contributed by atoms with Crippen LogP contribution in [-0.2, 0) is 0 Å². The minimum Gasteiger partial charge on any atom is -0.271 e. The molecule has 1 unspecified atom stereocenters. The molecular weight excluding hydrogens is 401 g/mol. The Morgan fingerprint density at radius 1 is 1.00 bits per heavy atom. The Morgan fingerprint density at radius 3 is 2.30 bits per heavy atom. The van der Waals surface area contributed by atoms with E-state index in [4.69, 9.17) is 5.84 Å². The van der Waals surface area contributed by atoms with Gasteiger partial charge in [-0.2, -0.15) is 0 Å². The molecule has 1 atom stereocenters. The van der Waals surface area contributed by atoms with Crippen molar-refractivity contribution in [1.29, 1.82) is 0 Å². The highest BCUT2D eigenvalue weighted by Gasteiger charge is 2.25. The molecule has 3 N–H and O–H groups in total. The van der Waals surface area contributed by atoms with Crippen molar-refractivity contribution in [3.63, 3.8) is 0 Å². The van der Waals surface area contributed by atoms with Crippen molar-refractivity contribution in [3.05, 3.63) is 67.9 Å². The third-order valence-electron chi connectivity index (χ3n) is 2.80. The summed E-state index contributed by atoms with van der Waals surface area (Å²) in [5.74, 6) is 3.11. The molecule has 20 heavy (non-hydrogen) atoms. The fourth-order valence-corrected chi connectivity index (χ4v) is 2.60. The number of hydrazine groups is 1. The molecule has 2 nitrogen and oxygen atoms in total. The van der Waals surface area contributed by atoms with Gasteiger partial charge in [-0.1, -0.05) is 15.9 Å². The first-order valence-electron chi connectivity index (χ1n) is 5.50. The summed E-state index contributed by atoms with van der Waals surface area (Å²) in [7, 11) is 0. The molecule has 0 aromatic heterocycles. The summed E-state index contributed by atoms with van der Waals surface area (Å²) in [5.41, 5.74) is 1.94. The van der Waals surface area contributed by atoms with Gasteiger partial charge in [-0.25, -0.2) is 18.6 Å². The first kappa shape index (κ1) is 15.5. The van der Waals surface area contributed by atoms with Crippen LogP contribution < -0.4 is 11.3 Å². The van der Waals surface area contributed by atoms with Crippen molar-refractivity contribution < 1.29 is 13.2 Å². The van der Waals surface area contributed by atoms with Gasteiger partial charge in [-0.05, 0) is 46.3 Å². The van der Waals surface area contributed by atoms with Crippen molar-refractivity contribution >= 4 is 31.9 Å². The van der Waals surface area contributed by atoms with Crippen molar-refractivity contribution in [1.82, 2.24) is 5.43 Å².